The van der Waals surface area contributed by atoms with E-state index < -0.39 is 4.92 Å². The zero-order valence-corrected chi connectivity index (χ0v) is 13.3. The van der Waals surface area contributed by atoms with Crippen molar-refractivity contribution in [3.63, 3.8) is 0 Å². The van der Waals surface area contributed by atoms with Gasteiger partial charge >= 0.3 is 0 Å². The van der Waals surface area contributed by atoms with Gasteiger partial charge in [-0.2, -0.15) is 5.10 Å². The fraction of sp³-hybridized carbons (Fsp3) is 0.105. The van der Waals surface area contributed by atoms with Gasteiger partial charge in [0.15, 0.2) is 0 Å². The third-order valence-electron chi connectivity index (χ3n) is 4.21. The molecular weight excluding hydrogens is 318 g/mol. The monoisotopic (exact) mass is 333 g/mol. The van der Waals surface area contributed by atoms with Crippen molar-refractivity contribution in [2.75, 3.05) is 5.01 Å². The number of nitro benzene ring substituents is 1. The van der Waals surface area contributed by atoms with Crippen molar-refractivity contribution in [3.8, 4) is 0 Å². The Bertz CT molecular complexity index is 903. The molecule has 124 valence electrons. The molecule has 0 radical (unpaired) electrons. The first-order chi connectivity index (χ1) is 12.2. The minimum absolute atomic E-state index is 0.0600. The summed E-state index contributed by atoms with van der Waals surface area (Å²) in [6.07, 6.45) is 2.35. The standard InChI is InChI=1S/C19H15N3O3/c23-22(24)16-10-8-15(9-11-16)21-18(19-7-4-12-25-19)13-17(20-21)14-5-2-1-3-6-14/h1-12,18H,13H2/t18-/m0/s1. The number of nitro groups is 1. The second-order valence-electron chi connectivity index (χ2n) is 5.77. The van der Waals surface area contributed by atoms with E-state index in [9.17, 15) is 10.1 Å². The number of anilines is 1. The fourth-order valence-electron chi connectivity index (χ4n) is 2.98. The molecule has 1 aliphatic heterocycles. The highest BCUT2D eigenvalue weighted by molar-refractivity contribution is 6.03. The van der Waals surface area contributed by atoms with Crippen LogP contribution in [0, 0.1) is 10.1 Å². The summed E-state index contributed by atoms with van der Waals surface area (Å²) < 4.78 is 5.59. The van der Waals surface area contributed by atoms with Crippen LogP contribution in [0.25, 0.3) is 0 Å². The maximum Gasteiger partial charge on any atom is 0.269 e. The van der Waals surface area contributed by atoms with E-state index in [-0.39, 0.29) is 11.7 Å². The Morgan fingerprint density at radius 2 is 1.80 bits per heavy atom. The molecule has 0 unspecified atom stereocenters. The lowest BCUT2D eigenvalue weighted by atomic mass is 10.0. The predicted octanol–water partition coefficient (Wildman–Crippen LogP) is 4.54. The van der Waals surface area contributed by atoms with Gasteiger partial charge < -0.3 is 4.42 Å². The van der Waals surface area contributed by atoms with Gasteiger partial charge in [0.2, 0.25) is 0 Å². The highest BCUT2D eigenvalue weighted by atomic mass is 16.6. The van der Waals surface area contributed by atoms with Crippen molar-refractivity contribution in [1.82, 2.24) is 0 Å². The second kappa shape index (κ2) is 6.24. The van der Waals surface area contributed by atoms with Crippen molar-refractivity contribution in [3.05, 3.63) is 94.4 Å². The van der Waals surface area contributed by atoms with E-state index in [1.54, 1.807) is 18.4 Å². The summed E-state index contributed by atoms with van der Waals surface area (Å²) in [5.41, 5.74) is 2.87. The number of hydrazone groups is 1. The lowest BCUT2D eigenvalue weighted by molar-refractivity contribution is -0.384. The number of rotatable bonds is 4. The van der Waals surface area contributed by atoms with E-state index in [1.165, 1.54) is 12.1 Å². The molecule has 0 saturated heterocycles. The van der Waals surface area contributed by atoms with Crippen LogP contribution in [0.4, 0.5) is 11.4 Å². The van der Waals surface area contributed by atoms with E-state index in [1.807, 2.05) is 47.5 Å². The third kappa shape index (κ3) is 2.89. The minimum atomic E-state index is -0.406. The van der Waals surface area contributed by atoms with Gasteiger partial charge in [-0.15, -0.1) is 0 Å². The van der Waals surface area contributed by atoms with Crippen molar-refractivity contribution in [2.24, 2.45) is 5.10 Å². The van der Waals surface area contributed by atoms with Gasteiger partial charge in [0.25, 0.3) is 5.69 Å². The van der Waals surface area contributed by atoms with Crippen molar-refractivity contribution in [2.45, 2.75) is 12.5 Å². The van der Waals surface area contributed by atoms with Gasteiger partial charge in [-0.3, -0.25) is 15.1 Å². The Labute approximate surface area is 144 Å². The number of hydrogen-bond acceptors (Lipinski definition) is 5. The average Bonchev–Trinajstić information content (AvgIpc) is 3.32. The second-order valence-corrected chi connectivity index (χ2v) is 5.77. The quantitative estimate of drug-likeness (QED) is 0.519. The third-order valence-corrected chi connectivity index (χ3v) is 4.21. The molecule has 1 atom stereocenters. The lowest BCUT2D eigenvalue weighted by Crippen LogP contribution is -2.17. The molecule has 0 N–H and O–H groups in total. The summed E-state index contributed by atoms with van der Waals surface area (Å²) in [6, 6.07) is 20.1. The van der Waals surface area contributed by atoms with Gasteiger partial charge in [-0.1, -0.05) is 30.3 Å². The molecular formula is C19H15N3O3. The zero-order chi connectivity index (χ0) is 17.2. The van der Waals surface area contributed by atoms with Gasteiger partial charge in [-0.05, 0) is 29.8 Å². The van der Waals surface area contributed by atoms with Crippen LogP contribution in [0.5, 0.6) is 0 Å². The van der Waals surface area contributed by atoms with Crippen LogP contribution in [0.1, 0.15) is 23.8 Å². The van der Waals surface area contributed by atoms with E-state index in [0.29, 0.717) is 6.42 Å². The van der Waals surface area contributed by atoms with Crippen LogP contribution in [0.2, 0.25) is 0 Å². The molecule has 2 aromatic carbocycles. The molecule has 6 nitrogen and oxygen atoms in total. The Morgan fingerprint density at radius 1 is 1.04 bits per heavy atom. The molecule has 4 rings (SSSR count). The van der Waals surface area contributed by atoms with Crippen molar-refractivity contribution in [1.29, 1.82) is 0 Å². The van der Waals surface area contributed by atoms with Crippen LogP contribution in [-0.4, -0.2) is 10.6 Å². The number of benzene rings is 2. The van der Waals surface area contributed by atoms with Gasteiger partial charge in [0.05, 0.1) is 22.6 Å². The van der Waals surface area contributed by atoms with E-state index in [2.05, 4.69) is 0 Å². The molecule has 0 fully saturated rings. The Hall–Kier alpha value is -3.41. The largest absolute Gasteiger partial charge is 0.467 e. The molecule has 0 amide bonds. The Morgan fingerprint density at radius 3 is 2.44 bits per heavy atom. The SMILES string of the molecule is O=[N+]([O-])c1ccc(N2N=C(c3ccccc3)C[C@H]2c2ccco2)cc1. The van der Waals surface area contributed by atoms with Crippen molar-refractivity contribution >= 4 is 17.1 Å². The fourth-order valence-corrected chi connectivity index (χ4v) is 2.98. The van der Waals surface area contributed by atoms with Crippen LogP contribution < -0.4 is 5.01 Å². The van der Waals surface area contributed by atoms with E-state index in [0.717, 1.165) is 22.7 Å². The molecule has 6 heteroatoms. The van der Waals surface area contributed by atoms with Crippen LogP contribution in [0.15, 0.2) is 82.5 Å². The smallest absolute Gasteiger partial charge is 0.269 e. The summed E-state index contributed by atoms with van der Waals surface area (Å²) >= 11 is 0. The maximum atomic E-state index is 10.9. The lowest BCUT2D eigenvalue weighted by Gasteiger charge is -2.21. The molecule has 25 heavy (non-hydrogen) atoms. The number of non-ortho nitro benzene ring substituents is 1. The molecule has 0 saturated carbocycles. The van der Waals surface area contributed by atoms with Crippen LogP contribution >= 0.6 is 0 Å². The van der Waals surface area contributed by atoms with E-state index in [4.69, 9.17) is 9.52 Å². The first-order valence-corrected chi connectivity index (χ1v) is 7.92. The van der Waals surface area contributed by atoms with Crippen LogP contribution in [-0.2, 0) is 0 Å². The number of hydrogen-bond donors (Lipinski definition) is 0. The molecule has 3 aromatic rings. The molecule has 0 aliphatic carbocycles. The van der Waals surface area contributed by atoms with Gasteiger partial charge in [0.1, 0.15) is 11.8 Å². The summed E-state index contributed by atoms with van der Waals surface area (Å²) in [7, 11) is 0. The number of nitrogens with zero attached hydrogens (tertiary/aromatic N) is 3. The average molecular weight is 333 g/mol. The number of furan rings is 1. The van der Waals surface area contributed by atoms with Crippen LogP contribution in [0.3, 0.4) is 0 Å². The zero-order valence-electron chi connectivity index (χ0n) is 13.3. The normalized spacial score (nSPS) is 16.7. The summed E-state index contributed by atoms with van der Waals surface area (Å²) in [5, 5.41) is 17.5. The molecule has 0 bridgehead atoms. The topological polar surface area (TPSA) is 71.9 Å². The molecule has 2 heterocycles. The van der Waals surface area contributed by atoms with Gasteiger partial charge in [-0.25, -0.2) is 0 Å². The highest BCUT2D eigenvalue weighted by Crippen LogP contribution is 2.37. The Balaban J connectivity index is 1.72. The summed E-state index contributed by atoms with van der Waals surface area (Å²) in [6.45, 7) is 0. The first-order valence-electron chi connectivity index (χ1n) is 7.92. The maximum absolute atomic E-state index is 10.9. The summed E-state index contributed by atoms with van der Waals surface area (Å²) in [4.78, 5) is 10.5. The van der Waals surface area contributed by atoms with Crippen molar-refractivity contribution < 1.29 is 9.34 Å². The molecule has 1 aliphatic rings. The first kappa shape index (κ1) is 15.1. The Kier molecular flexibility index (Phi) is 3.78. The predicted molar refractivity (Wildman–Crippen MR) is 94.6 cm³/mol. The minimum Gasteiger partial charge on any atom is -0.467 e. The van der Waals surface area contributed by atoms with Gasteiger partial charge in [0, 0.05) is 18.6 Å². The molecule has 0 spiro atoms. The molecule has 1 aromatic heterocycles. The van der Waals surface area contributed by atoms with E-state index >= 15 is 0 Å². The highest BCUT2D eigenvalue weighted by Gasteiger charge is 2.31. The summed E-state index contributed by atoms with van der Waals surface area (Å²) in [5.74, 6) is 0.813.